The smallest absolute Gasteiger partial charge is 0.180 e. The van der Waals surface area contributed by atoms with Gasteiger partial charge in [0.15, 0.2) is 11.5 Å². The van der Waals surface area contributed by atoms with E-state index < -0.39 is 0 Å². The summed E-state index contributed by atoms with van der Waals surface area (Å²) in [7, 11) is 0. The van der Waals surface area contributed by atoms with Crippen molar-refractivity contribution < 1.29 is 9.47 Å². The van der Waals surface area contributed by atoms with E-state index in [4.69, 9.17) is 9.47 Å². The Hall–Kier alpha value is -1.25. The van der Waals surface area contributed by atoms with E-state index in [1.165, 1.54) is 0 Å². The lowest BCUT2D eigenvalue weighted by atomic mass is 10.0. The van der Waals surface area contributed by atoms with Crippen LogP contribution in [0, 0.1) is 0 Å². The highest BCUT2D eigenvalue weighted by molar-refractivity contribution is 5.46. The summed E-state index contributed by atoms with van der Waals surface area (Å²) in [6.07, 6.45) is 6.29. The van der Waals surface area contributed by atoms with Crippen molar-refractivity contribution in [2.45, 2.75) is 65.1 Å². The molecule has 1 aliphatic rings. The van der Waals surface area contributed by atoms with E-state index >= 15 is 0 Å². The minimum Gasteiger partial charge on any atom is -0.485 e. The fourth-order valence-electron chi connectivity index (χ4n) is 1.72. The predicted octanol–water partition coefficient (Wildman–Crippen LogP) is 3.92. The molecular weight excluding hydrogens is 226 g/mol. The zero-order chi connectivity index (χ0) is 13.3. The van der Waals surface area contributed by atoms with E-state index in [9.17, 15) is 0 Å². The van der Waals surface area contributed by atoms with Crippen molar-refractivity contribution in [3.63, 3.8) is 0 Å². The van der Waals surface area contributed by atoms with Gasteiger partial charge in [-0.3, -0.25) is 4.98 Å². The molecule has 0 atom stereocenters. The molecule has 0 bridgehead atoms. The second-order valence-electron chi connectivity index (χ2n) is 6.24. The second-order valence-corrected chi connectivity index (χ2v) is 6.24. The monoisotopic (exact) mass is 249 g/mol. The summed E-state index contributed by atoms with van der Waals surface area (Å²) in [4.78, 5) is 4.27. The van der Waals surface area contributed by atoms with Gasteiger partial charge in [-0.15, -0.1) is 0 Å². The molecule has 1 fully saturated rings. The van der Waals surface area contributed by atoms with E-state index in [0.29, 0.717) is 12.0 Å². The van der Waals surface area contributed by atoms with E-state index in [1.54, 1.807) is 6.20 Å². The topological polar surface area (TPSA) is 31.4 Å². The molecule has 1 aromatic rings. The third-order valence-electron chi connectivity index (χ3n) is 2.74. The lowest BCUT2D eigenvalue weighted by molar-refractivity contribution is 0.120. The largest absolute Gasteiger partial charge is 0.485 e. The molecule has 3 nitrogen and oxygen atoms in total. The van der Waals surface area contributed by atoms with Crippen LogP contribution in [0.25, 0.3) is 0 Å². The average Bonchev–Trinajstić information content (AvgIpc) is 3.02. The molecule has 0 saturated heterocycles. The number of pyridine rings is 1. The van der Waals surface area contributed by atoms with Crippen LogP contribution in [-0.4, -0.2) is 16.7 Å². The molecule has 100 valence electrons. The van der Waals surface area contributed by atoms with Gasteiger partial charge in [0.25, 0.3) is 0 Å². The maximum Gasteiger partial charge on any atom is 0.180 e. The van der Waals surface area contributed by atoms with Gasteiger partial charge in [0.05, 0.1) is 12.3 Å². The van der Waals surface area contributed by atoms with E-state index in [2.05, 4.69) is 39.6 Å². The van der Waals surface area contributed by atoms with Crippen LogP contribution < -0.4 is 9.47 Å². The Labute approximate surface area is 110 Å². The van der Waals surface area contributed by atoms with Crippen LogP contribution in [0.3, 0.4) is 0 Å². The zero-order valence-electron chi connectivity index (χ0n) is 12.0. The average molecular weight is 249 g/mol. The molecule has 0 unspecified atom stereocenters. The molecule has 1 aromatic heterocycles. The first-order chi connectivity index (χ1) is 8.37. The van der Waals surface area contributed by atoms with Crippen molar-refractivity contribution in [2.24, 2.45) is 0 Å². The minimum absolute atomic E-state index is 0.230. The molecule has 0 aromatic carbocycles. The van der Waals surface area contributed by atoms with Gasteiger partial charge in [0, 0.05) is 11.8 Å². The maximum absolute atomic E-state index is 6.09. The molecule has 0 N–H and O–H groups in total. The van der Waals surface area contributed by atoms with Crippen molar-refractivity contribution in [2.75, 3.05) is 0 Å². The number of rotatable bonds is 4. The Morgan fingerprint density at radius 1 is 1.22 bits per heavy atom. The van der Waals surface area contributed by atoms with E-state index in [-0.39, 0.29) is 5.60 Å². The number of hydrogen-bond acceptors (Lipinski definition) is 3. The Kier molecular flexibility index (Phi) is 3.51. The van der Waals surface area contributed by atoms with E-state index in [0.717, 1.165) is 29.9 Å². The SMILES string of the molecule is CC(C)c1cncc(OC2CC2)c1OC(C)(C)C. The lowest BCUT2D eigenvalue weighted by Gasteiger charge is -2.26. The van der Waals surface area contributed by atoms with Crippen molar-refractivity contribution in [3.05, 3.63) is 18.0 Å². The van der Waals surface area contributed by atoms with Crippen LogP contribution in [0.2, 0.25) is 0 Å². The predicted molar refractivity (Wildman–Crippen MR) is 72.4 cm³/mol. The van der Waals surface area contributed by atoms with Gasteiger partial charge in [-0.2, -0.15) is 0 Å². The highest BCUT2D eigenvalue weighted by Crippen LogP contribution is 2.39. The van der Waals surface area contributed by atoms with Gasteiger partial charge in [-0.1, -0.05) is 13.8 Å². The molecule has 0 spiro atoms. The Morgan fingerprint density at radius 2 is 1.89 bits per heavy atom. The molecule has 0 radical (unpaired) electrons. The molecular formula is C15H23NO2. The van der Waals surface area contributed by atoms with Crippen molar-refractivity contribution in [3.8, 4) is 11.5 Å². The first-order valence-corrected chi connectivity index (χ1v) is 6.70. The van der Waals surface area contributed by atoms with Crippen LogP contribution in [-0.2, 0) is 0 Å². The van der Waals surface area contributed by atoms with Gasteiger partial charge >= 0.3 is 0 Å². The Bertz CT molecular complexity index is 417. The van der Waals surface area contributed by atoms with Crippen LogP contribution in [0.1, 0.15) is 58.9 Å². The quantitative estimate of drug-likeness (QED) is 0.810. The second kappa shape index (κ2) is 4.79. The fourth-order valence-corrected chi connectivity index (χ4v) is 1.72. The number of nitrogens with zero attached hydrogens (tertiary/aromatic N) is 1. The first-order valence-electron chi connectivity index (χ1n) is 6.70. The van der Waals surface area contributed by atoms with Crippen LogP contribution in [0.4, 0.5) is 0 Å². The van der Waals surface area contributed by atoms with Gasteiger partial charge in [-0.05, 0) is 39.5 Å². The summed E-state index contributed by atoms with van der Waals surface area (Å²) in [6.45, 7) is 10.5. The van der Waals surface area contributed by atoms with Gasteiger partial charge < -0.3 is 9.47 Å². The standard InChI is InChI=1S/C15H23NO2/c1-10(2)12-8-16-9-13(17-11-6-7-11)14(12)18-15(3,4)5/h8-11H,6-7H2,1-5H3. The molecule has 0 amide bonds. The lowest BCUT2D eigenvalue weighted by Crippen LogP contribution is -2.24. The van der Waals surface area contributed by atoms with Crippen molar-refractivity contribution >= 4 is 0 Å². The summed E-state index contributed by atoms with van der Waals surface area (Å²) in [6, 6.07) is 0. The van der Waals surface area contributed by atoms with Crippen LogP contribution in [0.15, 0.2) is 12.4 Å². The molecule has 0 aliphatic heterocycles. The number of ether oxygens (including phenoxy) is 2. The summed E-state index contributed by atoms with van der Waals surface area (Å²) in [5.74, 6) is 2.02. The van der Waals surface area contributed by atoms with Gasteiger partial charge in [0.2, 0.25) is 0 Å². The number of hydrogen-bond donors (Lipinski definition) is 0. The molecule has 3 heteroatoms. The summed E-state index contributed by atoms with van der Waals surface area (Å²) >= 11 is 0. The summed E-state index contributed by atoms with van der Waals surface area (Å²) in [5, 5.41) is 0. The Balaban J connectivity index is 2.34. The molecule has 2 rings (SSSR count). The number of aromatic nitrogens is 1. The first kappa shape index (κ1) is 13.2. The van der Waals surface area contributed by atoms with Gasteiger partial charge in [0.1, 0.15) is 5.60 Å². The third kappa shape index (κ3) is 3.37. The third-order valence-corrected chi connectivity index (χ3v) is 2.74. The molecule has 1 aliphatic carbocycles. The minimum atomic E-state index is -0.230. The molecule has 1 saturated carbocycles. The van der Waals surface area contributed by atoms with Gasteiger partial charge in [-0.25, -0.2) is 0 Å². The maximum atomic E-state index is 6.09. The fraction of sp³-hybridized carbons (Fsp3) is 0.667. The highest BCUT2D eigenvalue weighted by atomic mass is 16.5. The van der Waals surface area contributed by atoms with E-state index in [1.807, 2.05) is 6.20 Å². The van der Waals surface area contributed by atoms with Crippen molar-refractivity contribution in [1.29, 1.82) is 0 Å². The molecule has 1 heterocycles. The molecule has 18 heavy (non-hydrogen) atoms. The summed E-state index contributed by atoms with van der Waals surface area (Å²) < 4.78 is 12.0. The summed E-state index contributed by atoms with van der Waals surface area (Å²) in [5.41, 5.74) is 0.884. The Morgan fingerprint density at radius 3 is 2.39 bits per heavy atom. The van der Waals surface area contributed by atoms with Crippen LogP contribution >= 0.6 is 0 Å². The highest BCUT2D eigenvalue weighted by Gasteiger charge is 2.27. The van der Waals surface area contributed by atoms with Crippen LogP contribution in [0.5, 0.6) is 11.5 Å². The normalized spacial score (nSPS) is 15.9. The zero-order valence-corrected chi connectivity index (χ0v) is 12.0. The van der Waals surface area contributed by atoms with Crippen molar-refractivity contribution in [1.82, 2.24) is 4.98 Å².